The smallest absolute Gasteiger partial charge is 0.338 e. The van der Waals surface area contributed by atoms with E-state index in [1.165, 1.54) is 18.2 Å². The monoisotopic (exact) mass is 287 g/mol. The summed E-state index contributed by atoms with van der Waals surface area (Å²) in [6.07, 6.45) is 0. The lowest BCUT2D eigenvalue weighted by atomic mass is 10.1. The van der Waals surface area contributed by atoms with Gasteiger partial charge >= 0.3 is 5.97 Å². The van der Waals surface area contributed by atoms with E-state index in [0.717, 1.165) is 0 Å². The van der Waals surface area contributed by atoms with Gasteiger partial charge < -0.3 is 9.84 Å². The molecule has 0 saturated carbocycles. The van der Waals surface area contributed by atoms with Gasteiger partial charge in [-0.2, -0.15) is 0 Å². The van der Waals surface area contributed by atoms with Gasteiger partial charge in [0, 0.05) is 6.07 Å². The van der Waals surface area contributed by atoms with Gasteiger partial charge in [0.05, 0.1) is 22.7 Å². The molecule has 0 aliphatic rings. The molecule has 0 saturated heterocycles. The highest BCUT2D eigenvalue weighted by Crippen LogP contribution is 2.19. The van der Waals surface area contributed by atoms with Crippen molar-refractivity contribution in [3.8, 4) is 0 Å². The number of rotatable bonds is 5. The van der Waals surface area contributed by atoms with E-state index in [-0.39, 0.29) is 18.9 Å². The summed E-state index contributed by atoms with van der Waals surface area (Å²) in [4.78, 5) is 22.2. The van der Waals surface area contributed by atoms with Gasteiger partial charge in [0.25, 0.3) is 5.69 Å². The molecule has 0 aliphatic heterocycles. The fourth-order valence-corrected chi connectivity index (χ4v) is 1.78. The Morgan fingerprint density at radius 1 is 1.14 bits per heavy atom. The molecule has 0 heterocycles. The first-order valence-electron chi connectivity index (χ1n) is 6.21. The second-order valence-electron chi connectivity index (χ2n) is 4.32. The summed E-state index contributed by atoms with van der Waals surface area (Å²) < 4.78 is 5.07. The maximum Gasteiger partial charge on any atom is 0.338 e. The van der Waals surface area contributed by atoms with Gasteiger partial charge in [0.15, 0.2) is 0 Å². The van der Waals surface area contributed by atoms with Crippen LogP contribution in [0.2, 0.25) is 0 Å². The number of aliphatic hydroxyl groups is 1. The van der Waals surface area contributed by atoms with Crippen molar-refractivity contribution in [2.45, 2.75) is 13.2 Å². The van der Waals surface area contributed by atoms with Gasteiger partial charge in [-0.3, -0.25) is 10.1 Å². The van der Waals surface area contributed by atoms with E-state index in [4.69, 9.17) is 9.84 Å². The molecule has 2 aromatic carbocycles. The minimum atomic E-state index is -0.572. The highest BCUT2D eigenvalue weighted by Gasteiger charge is 2.14. The van der Waals surface area contributed by atoms with Gasteiger partial charge in [-0.05, 0) is 23.8 Å². The summed E-state index contributed by atoms with van der Waals surface area (Å²) in [6.45, 7) is -0.275. The van der Waals surface area contributed by atoms with Crippen molar-refractivity contribution in [1.82, 2.24) is 0 Å². The van der Waals surface area contributed by atoms with Gasteiger partial charge in [0.1, 0.15) is 6.61 Å². The molecule has 108 valence electrons. The first-order valence-corrected chi connectivity index (χ1v) is 6.21. The van der Waals surface area contributed by atoms with Crippen LogP contribution in [0.25, 0.3) is 0 Å². The predicted octanol–water partition coefficient (Wildman–Crippen LogP) is 2.44. The molecular formula is C15H13NO5. The maximum atomic E-state index is 11.8. The minimum absolute atomic E-state index is 0.0825. The second kappa shape index (κ2) is 6.62. The number of benzene rings is 2. The van der Waals surface area contributed by atoms with E-state index in [2.05, 4.69) is 0 Å². The Bertz CT molecular complexity index is 651. The van der Waals surface area contributed by atoms with Crippen LogP contribution in [0.1, 0.15) is 21.5 Å². The SMILES string of the molecule is O=C(OCc1ccccc1[N+](=O)[O-])c1ccc(CO)cc1. The van der Waals surface area contributed by atoms with Crippen LogP contribution < -0.4 is 0 Å². The largest absolute Gasteiger partial charge is 0.457 e. The molecule has 0 unspecified atom stereocenters. The molecule has 21 heavy (non-hydrogen) atoms. The van der Waals surface area contributed by atoms with Crippen molar-refractivity contribution in [3.63, 3.8) is 0 Å². The lowest BCUT2D eigenvalue weighted by Crippen LogP contribution is -2.06. The van der Waals surface area contributed by atoms with Crippen LogP contribution in [0.3, 0.4) is 0 Å². The third-order valence-electron chi connectivity index (χ3n) is 2.92. The van der Waals surface area contributed by atoms with Crippen molar-refractivity contribution in [2.75, 3.05) is 0 Å². The molecular weight excluding hydrogens is 274 g/mol. The number of ether oxygens (including phenoxy) is 1. The molecule has 0 radical (unpaired) electrons. The number of para-hydroxylation sites is 1. The van der Waals surface area contributed by atoms with E-state index in [1.54, 1.807) is 30.3 Å². The number of nitro groups is 1. The van der Waals surface area contributed by atoms with Crippen LogP contribution in [0.4, 0.5) is 5.69 Å². The summed E-state index contributed by atoms with van der Waals surface area (Å²) in [7, 11) is 0. The molecule has 1 N–H and O–H groups in total. The number of carbonyl (C=O) groups is 1. The second-order valence-corrected chi connectivity index (χ2v) is 4.32. The number of carbonyl (C=O) groups excluding carboxylic acids is 1. The zero-order chi connectivity index (χ0) is 15.2. The number of nitro benzene ring substituents is 1. The third kappa shape index (κ3) is 3.64. The van der Waals surface area contributed by atoms with Crippen molar-refractivity contribution in [1.29, 1.82) is 0 Å². The van der Waals surface area contributed by atoms with Crippen LogP contribution in [0.15, 0.2) is 48.5 Å². The normalized spacial score (nSPS) is 10.1. The molecule has 0 bridgehead atoms. The van der Waals surface area contributed by atoms with Crippen LogP contribution in [0.5, 0.6) is 0 Å². The summed E-state index contributed by atoms with van der Waals surface area (Å²) >= 11 is 0. The molecule has 6 nitrogen and oxygen atoms in total. The van der Waals surface area contributed by atoms with Gasteiger partial charge in [0.2, 0.25) is 0 Å². The Morgan fingerprint density at radius 3 is 2.43 bits per heavy atom. The van der Waals surface area contributed by atoms with E-state index >= 15 is 0 Å². The lowest BCUT2D eigenvalue weighted by molar-refractivity contribution is -0.385. The van der Waals surface area contributed by atoms with Gasteiger partial charge in [-0.15, -0.1) is 0 Å². The molecule has 0 atom stereocenters. The van der Waals surface area contributed by atoms with E-state index in [0.29, 0.717) is 16.7 Å². The third-order valence-corrected chi connectivity index (χ3v) is 2.92. The molecule has 0 aliphatic carbocycles. The van der Waals surface area contributed by atoms with Crippen molar-refractivity contribution >= 4 is 11.7 Å². The van der Waals surface area contributed by atoms with E-state index in [9.17, 15) is 14.9 Å². The lowest BCUT2D eigenvalue weighted by Gasteiger charge is -2.06. The highest BCUT2D eigenvalue weighted by molar-refractivity contribution is 5.89. The summed E-state index contributed by atoms with van der Waals surface area (Å²) in [5, 5.41) is 19.8. The summed E-state index contributed by atoms with van der Waals surface area (Å²) in [5.74, 6) is -0.572. The standard InChI is InChI=1S/C15H13NO5/c17-9-11-5-7-12(8-6-11)15(18)21-10-13-3-1-2-4-14(13)16(19)20/h1-8,17H,9-10H2. The maximum absolute atomic E-state index is 11.8. The quantitative estimate of drug-likeness (QED) is 0.518. The number of hydrogen-bond acceptors (Lipinski definition) is 5. The first kappa shape index (κ1) is 14.7. The number of aliphatic hydroxyl groups excluding tert-OH is 1. The van der Waals surface area contributed by atoms with Gasteiger partial charge in [-0.1, -0.05) is 24.3 Å². The van der Waals surface area contributed by atoms with Crippen molar-refractivity contribution in [2.24, 2.45) is 0 Å². The average molecular weight is 287 g/mol. The molecule has 0 fully saturated rings. The molecule has 2 rings (SSSR count). The van der Waals surface area contributed by atoms with Crippen molar-refractivity contribution < 1.29 is 19.6 Å². The summed E-state index contributed by atoms with van der Waals surface area (Å²) in [5.41, 5.74) is 1.26. The molecule has 0 spiro atoms. The fraction of sp³-hybridized carbons (Fsp3) is 0.133. The molecule has 2 aromatic rings. The summed E-state index contributed by atoms with van der Waals surface area (Å²) in [6, 6.07) is 12.4. The van der Waals surface area contributed by atoms with Crippen LogP contribution in [0, 0.1) is 10.1 Å². The zero-order valence-electron chi connectivity index (χ0n) is 11.1. The molecule has 6 heteroatoms. The molecule has 0 aromatic heterocycles. The van der Waals surface area contributed by atoms with Crippen LogP contribution >= 0.6 is 0 Å². The van der Waals surface area contributed by atoms with Crippen LogP contribution in [-0.2, 0) is 18.0 Å². The first-order chi connectivity index (χ1) is 10.1. The zero-order valence-corrected chi connectivity index (χ0v) is 11.1. The Hall–Kier alpha value is -2.73. The average Bonchev–Trinajstić information content (AvgIpc) is 2.52. The van der Waals surface area contributed by atoms with Crippen LogP contribution in [-0.4, -0.2) is 16.0 Å². The minimum Gasteiger partial charge on any atom is -0.457 e. The molecule has 0 amide bonds. The number of nitrogens with zero attached hydrogens (tertiary/aromatic N) is 1. The number of esters is 1. The van der Waals surface area contributed by atoms with Crippen molar-refractivity contribution in [3.05, 3.63) is 75.3 Å². The van der Waals surface area contributed by atoms with Gasteiger partial charge in [-0.25, -0.2) is 4.79 Å². The fourth-order valence-electron chi connectivity index (χ4n) is 1.78. The Balaban J connectivity index is 2.05. The Morgan fingerprint density at radius 2 is 1.81 bits per heavy atom. The highest BCUT2D eigenvalue weighted by atomic mass is 16.6. The Kier molecular flexibility index (Phi) is 4.63. The van der Waals surface area contributed by atoms with E-state index < -0.39 is 10.9 Å². The topological polar surface area (TPSA) is 89.7 Å². The number of hydrogen-bond donors (Lipinski definition) is 1. The predicted molar refractivity (Wildman–Crippen MR) is 74.6 cm³/mol. The van der Waals surface area contributed by atoms with E-state index in [1.807, 2.05) is 0 Å². The Labute approximate surface area is 120 Å².